The molecule has 0 saturated carbocycles. The number of Topliss-reactive ketones (excluding diaryl/α,β-unsaturated/α-hetero) is 1. The molecule has 9 nitrogen and oxygen atoms in total. The van der Waals surface area contributed by atoms with Gasteiger partial charge >= 0.3 is 5.97 Å². The lowest BCUT2D eigenvalue weighted by atomic mass is 9.93. The van der Waals surface area contributed by atoms with Crippen molar-refractivity contribution in [3.05, 3.63) is 41.1 Å². The quantitative estimate of drug-likeness (QED) is 0.817. The molecule has 2 aromatic rings. The summed E-state index contributed by atoms with van der Waals surface area (Å²) in [5, 5.41) is 14.2. The molecule has 0 amide bonds. The first-order valence-electron chi connectivity index (χ1n) is 7.09. The summed E-state index contributed by atoms with van der Waals surface area (Å²) in [6.45, 7) is 1.38. The number of hydrogen-bond donors (Lipinski definition) is 1. The van der Waals surface area contributed by atoms with Crippen LogP contribution in [0.4, 0.5) is 5.95 Å². The third-order valence-corrected chi connectivity index (χ3v) is 3.72. The first kappa shape index (κ1) is 15.7. The molecule has 24 heavy (non-hydrogen) atoms. The summed E-state index contributed by atoms with van der Waals surface area (Å²) in [7, 11) is 2.81. The number of carbonyl (C=O) groups is 2. The summed E-state index contributed by atoms with van der Waals surface area (Å²) in [5.41, 5.74) is 0.998. The van der Waals surface area contributed by atoms with Crippen molar-refractivity contribution < 1.29 is 19.1 Å². The van der Waals surface area contributed by atoms with E-state index in [1.54, 1.807) is 31.4 Å². The lowest BCUT2D eigenvalue weighted by Crippen LogP contribution is -2.32. The second kappa shape index (κ2) is 6.11. The number of esters is 1. The van der Waals surface area contributed by atoms with Gasteiger partial charge in [-0.25, -0.2) is 4.79 Å². The highest BCUT2D eigenvalue weighted by Crippen LogP contribution is 2.35. The van der Waals surface area contributed by atoms with Crippen molar-refractivity contribution in [3.63, 3.8) is 0 Å². The molecule has 0 fully saturated rings. The maximum absolute atomic E-state index is 12.3. The zero-order valence-electron chi connectivity index (χ0n) is 13.3. The van der Waals surface area contributed by atoms with Crippen LogP contribution >= 0.6 is 0 Å². The third kappa shape index (κ3) is 2.49. The minimum Gasteiger partial charge on any atom is -0.497 e. The second-order valence-corrected chi connectivity index (χ2v) is 5.08. The van der Waals surface area contributed by atoms with Crippen LogP contribution < -0.4 is 10.1 Å². The van der Waals surface area contributed by atoms with E-state index in [4.69, 9.17) is 9.47 Å². The van der Waals surface area contributed by atoms with Crippen LogP contribution in [-0.4, -0.2) is 46.2 Å². The van der Waals surface area contributed by atoms with Crippen LogP contribution in [0.3, 0.4) is 0 Å². The Kier molecular flexibility index (Phi) is 3.98. The van der Waals surface area contributed by atoms with Crippen LogP contribution in [0.25, 0.3) is 0 Å². The molecule has 124 valence electrons. The molecule has 1 N–H and O–H groups in total. The number of anilines is 1. The molecule has 0 saturated heterocycles. The van der Waals surface area contributed by atoms with Gasteiger partial charge in [-0.05, 0) is 35.0 Å². The van der Waals surface area contributed by atoms with Gasteiger partial charge in [0.1, 0.15) is 17.5 Å². The summed E-state index contributed by atoms with van der Waals surface area (Å²) >= 11 is 0. The highest BCUT2D eigenvalue weighted by Gasteiger charge is 2.36. The van der Waals surface area contributed by atoms with Crippen LogP contribution in [0, 0.1) is 0 Å². The van der Waals surface area contributed by atoms with E-state index in [9.17, 15) is 9.59 Å². The first-order valence-corrected chi connectivity index (χ1v) is 7.09. The number of nitrogens with one attached hydrogen (secondary N) is 1. The van der Waals surface area contributed by atoms with Crippen LogP contribution in [0.15, 0.2) is 35.5 Å². The Bertz CT molecular complexity index is 825. The minimum atomic E-state index is -0.659. The highest BCUT2D eigenvalue weighted by atomic mass is 16.5. The molecule has 9 heteroatoms. The Morgan fingerprint density at radius 3 is 2.50 bits per heavy atom. The standard InChI is InChI=1S/C15H15N5O4/c1-8(21)11-12(14(22)24-3)16-15-17-18-19-20(15)13(11)9-4-6-10(23-2)7-5-9/h4-7,13H,1-3H3,(H,16,17,19)/t13-/m1/s1. The number of methoxy groups -OCH3 is 2. The van der Waals surface area contributed by atoms with Crippen molar-refractivity contribution >= 4 is 17.7 Å². The Hall–Kier alpha value is -3.23. The van der Waals surface area contributed by atoms with E-state index >= 15 is 0 Å². The number of carbonyl (C=O) groups excluding carboxylic acids is 2. The van der Waals surface area contributed by atoms with Crippen molar-refractivity contribution in [1.82, 2.24) is 20.2 Å². The number of allylic oxidation sites excluding steroid dienone is 1. The predicted octanol–water partition coefficient (Wildman–Crippen LogP) is 0.713. The lowest BCUT2D eigenvalue weighted by molar-refractivity contribution is -0.136. The minimum absolute atomic E-state index is 0.0353. The van der Waals surface area contributed by atoms with Gasteiger partial charge in [0.05, 0.1) is 19.8 Å². The number of aromatic nitrogens is 4. The van der Waals surface area contributed by atoms with Crippen LogP contribution in [-0.2, 0) is 14.3 Å². The highest BCUT2D eigenvalue weighted by molar-refractivity contribution is 6.05. The maximum atomic E-state index is 12.3. The summed E-state index contributed by atoms with van der Waals surface area (Å²) in [4.78, 5) is 24.4. The average Bonchev–Trinajstić information content (AvgIpc) is 3.07. The molecule has 0 unspecified atom stereocenters. The molecule has 0 aliphatic carbocycles. The summed E-state index contributed by atoms with van der Waals surface area (Å²) in [6.07, 6.45) is 0. The van der Waals surface area contributed by atoms with Gasteiger partial charge in [-0.1, -0.05) is 17.2 Å². The number of hydrogen-bond acceptors (Lipinski definition) is 8. The molecule has 0 radical (unpaired) electrons. The zero-order valence-corrected chi connectivity index (χ0v) is 13.3. The van der Waals surface area contributed by atoms with Crippen molar-refractivity contribution in [2.45, 2.75) is 13.0 Å². The number of ketones is 1. The van der Waals surface area contributed by atoms with E-state index in [1.165, 1.54) is 18.7 Å². The zero-order chi connectivity index (χ0) is 17.3. The topological polar surface area (TPSA) is 108 Å². The van der Waals surface area contributed by atoms with E-state index in [1.807, 2.05) is 0 Å². The number of tetrazole rings is 1. The van der Waals surface area contributed by atoms with Crippen LogP contribution in [0.1, 0.15) is 18.5 Å². The Labute approximate surface area is 137 Å². The molecule has 1 atom stereocenters. The fourth-order valence-electron chi connectivity index (χ4n) is 2.61. The smallest absolute Gasteiger partial charge is 0.355 e. The van der Waals surface area contributed by atoms with Crippen molar-refractivity contribution in [2.24, 2.45) is 0 Å². The second-order valence-electron chi connectivity index (χ2n) is 5.08. The summed E-state index contributed by atoms with van der Waals surface area (Å²) in [6, 6.07) is 6.46. The fraction of sp³-hybridized carbons (Fsp3) is 0.267. The van der Waals surface area contributed by atoms with Crippen molar-refractivity contribution in [3.8, 4) is 5.75 Å². The molecule has 1 aromatic carbocycles. The van der Waals surface area contributed by atoms with E-state index in [2.05, 4.69) is 20.8 Å². The van der Waals surface area contributed by atoms with Gasteiger partial charge in [-0.2, -0.15) is 4.68 Å². The fourth-order valence-corrected chi connectivity index (χ4v) is 2.61. The van der Waals surface area contributed by atoms with Crippen molar-refractivity contribution in [2.75, 3.05) is 19.5 Å². The maximum Gasteiger partial charge on any atom is 0.355 e. The number of fused-ring (bicyclic) bond motifs is 1. The van der Waals surface area contributed by atoms with E-state index in [-0.39, 0.29) is 23.0 Å². The SMILES string of the molecule is COC(=O)C1=C(C(C)=O)[C@@H](c2ccc(OC)cc2)n2nnnc2N1. The first-order chi connectivity index (χ1) is 11.6. The monoisotopic (exact) mass is 329 g/mol. The molecule has 1 aromatic heterocycles. The van der Waals surface area contributed by atoms with Gasteiger partial charge in [0, 0.05) is 0 Å². The van der Waals surface area contributed by atoms with E-state index in [0.717, 1.165) is 5.56 Å². The molecule has 0 spiro atoms. The van der Waals surface area contributed by atoms with Gasteiger partial charge < -0.3 is 14.8 Å². The van der Waals surface area contributed by atoms with Crippen molar-refractivity contribution in [1.29, 1.82) is 0 Å². The summed E-state index contributed by atoms with van der Waals surface area (Å²) in [5.74, 6) is -0.0229. The number of benzene rings is 1. The molecular formula is C15H15N5O4. The van der Waals surface area contributed by atoms with Gasteiger partial charge in [-0.15, -0.1) is 0 Å². The van der Waals surface area contributed by atoms with Crippen LogP contribution in [0.2, 0.25) is 0 Å². The van der Waals surface area contributed by atoms with Gasteiger partial charge in [0.25, 0.3) is 0 Å². The van der Waals surface area contributed by atoms with Gasteiger partial charge in [0.2, 0.25) is 5.95 Å². The number of rotatable bonds is 4. The molecule has 3 rings (SSSR count). The Morgan fingerprint density at radius 1 is 1.21 bits per heavy atom. The molecule has 1 aliphatic heterocycles. The average molecular weight is 329 g/mol. The largest absolute Gasteiger partial charge is 0.497 e. The van der Waals surface area contributed by atoms with E-state index < -0.39 is 12.0 Å². The van der Waals surface area contributed by atoms with Gasteiger partial charge in [-0.3, -0.25) is 4.79 Å². The lowest BCUT2D eigenvalue weighted by Gasteiger charge is -2.27. The molecule has 2 heterocycles. The molecule has 0 bridgehead atoms. The Morgan fingerprint density at radius 2 is 1.92 bits per heavy atom. The normalized spacial score (nSPS) is 16.2. The third-order valence-electron chi connectivity index (χ3n) is 3.72. The predicted molar refractivity (Wildman–Crippen MR) is 82.3 cm³/mol. The Balaban J connectivity index is 2.20. The molecular weight excluding hydrogens is 314 g/mol. The molecule has 1 aliphatic rings. The van der Waals surface area contributed by atoms with Gasteiger partial charge in [0.15, 0.2) is 5.78 Å². The van der Waals surface area contributed by atoms with Crippen LogP contribution in [0.5, 0.6) is 5.75 Å². The number of ether oxygens (including phenoxy) is 2. The number of nitrogens with zero attached hydrogens (tertiary/aromatic N) is 4. The van der Waals surface area contributed by atoms with E-state index in [0.29, 0.717) is 5.75 Å². The summed E-state index contributed by atoms with van der Waals surface area (Å²) < 4.78 is 11.4.